The van der Waals surface area contributed by atoms with Crippen LogP contribution in [0.5, 0.6) is 0 Å². The molecule has 3 saturated carbocycles. The molecule has 1 heterocycles. The average molecular weight is 480 g/mol. The highest BCUT2D eigenvalue weighted by atomic mass is 16.3. The summed E-state index contributed by atoms with van der Waals surface area (Å²) in [6, 6.07) is 24.4. The first kappa shape index (κ1) is 23.0. The summed E-state index contributed by atoms with van der Waals surface area (Å²) in [5.74, 6) is 1.93. The van der Waals surface area contributed by atoms with Gasteiger partial charge in [-0.25, -0.2) is 0 Å². The molecule has 3 aliphatic rings. The van der Waals surface area contributed by atoms with E-state index in [0.717, 1.165) is 47.0 Å². The molecule has 4 unspecified atom stereocenters. The first-order valence-electron chi connectivity index (χ1n) is 13.2. The number of benzene rings is 3. The lowest BCUT2D eigenvalue weighted by molar-refractivity contribution is 0.0951. The molecule has 5 heteroatoms. The third-order valence-corrected chi connectivity index (χ3v) is 8.27. The van der Waals surface area contributed by atoms with Crippen molar-refractivity contribution in [1.29, 1.82) is 0 Å². The van der Waals surface area contributed by atoms with E-state index >= 15 is 0 Å². The van der Waals surface area contributed by atoms with Gasteiger partial charge in [-0.3, -0.25) is 9.89 Å². The average Bonchev–Trinajstić information content (AvgIpc) is 3.16. The fourth-order valence-corrected chi connectivity index (χ4v) is 6.39. The minimum atomic E-state index is -0.104. The molecular formula is C31H33N3O2. The zero-order chi connectivity index (χ0) is 24.5. The van der Waals surface area contributed by atoms with E-state index in [1.165, 1.54) is 24.8 Å². The molecule has 4 aromatic rings. The number of hydrogen-bond donors (Lipinski definition) is 3. The summed E-state index contributed by atoms with van der Waals surface area (Å²) in [5, 5.41) is 21.9. The van der Waals surface area contributed by atoms with Gasteiger partial charge in [-0.05, 0) is 79.2 Å². The quantitative estimate of drug-likeness (QED) is 0.323. The van der Waals surface area contributed by atoms with Crippen molar-refractivity contribution in [3.05, 3.63) is 89.5 Å². The number of amides is 1. The smallest absolute Gasteiger partial charge is 0.251 e. The Balaban J connectivity index is 1.17. The van der Waals surface area contributed by atoms with Gasteiger partial charge >= 0.3 is 0 Å². The van der Waals surface area contributed by atoms with Crippen LogP contribution in [-0.2, 0) is 13.0 Å². The molecule has 184 valence electrons. The van der Waals surface area contributed by atoms with Crippen LogP contribution < -0.4 is 5.32 Å². The van der Waals surface area contributed by atoms with Crippen LogP contribution in [0, 0.1) is 17.8 Å². The summed E-state index contributed by atoms with van der Waals surface area (Å²) in [6.07, 6.45) is 6.75. The third kappa shape index (κ3) is 4.80. The maximum absolute atomic E-state index is 12.8. The van der Waals surface area contributed by atoms with E-state index in [1.807, 2.05) is 48.5 Å². The van der Waals surface area contributed by atoms with Gasteiger partial charge < -0.3 is 10.4 Å². The fourth-order valence-electron chi connectivity index (χ4n) is 6.39. The lowest BCUT2D eigenvalue weighted by Crippen LogP contribution is -2.23. The summed E-state index contributed by atoms with van der Waals surface area (Å²) in [6.45, 7) is 0.499. The van der Waals surface area contributed by atoms with Gasteiger partial charge in [0.1, 0.15) is 0 Å². The van der Waals surface area contributed by atoms with E-state index in [9.17, 15) is 9.90 Å². The minimum absolute atomic E-state index is 0.0916. The monoisotopic (exact) mass is 479 g/mol. The molecular weight excluding hydrogens is 446 g/mol. The van der Waals surface area contributed by atoms with Crippen LogP contribution in [0.25, 0.3) is 22.2 Å². The van der Waals surface area contributed by atoms with Gasteiger partial charge in [0, 0.05) is 23.1 Å². The van der Waals surface area contributed by atoms with Crippen LogP contribution >= 0.6 is 0 Å². The number of nitrogens with one attached hydrogen (secondary N) is 2. The Morgan fingerprint density at radius 2 is 1.78 bits per heavy atom. The Kier molecular flexibility index (Phi) is 6.32. The number of rotatable bonds is 6. The predicted molar refractivity (Wildman–Crippen MR) is 142 cm³/mol. The van der Waals surface area contributed by atoms with Crippen molar-refractivity contribution in [3.8, 4) is 11.3 Å². The highest BCUT2D eigenvalue weighted by Gasteiger charge is 2.36. The Morgan fingerprint density at radius 1 is 0.944 bits per heavy atom. The van der Waals surface area contributed by atoms with Gasteiger partial charge in [-0.15, -0.1) is 0 Å². The van der Waals surface area contributed by atoms with Crippen LogP contribution in [0.2, 0.25) is 0 Å². The number of nitrogens with zero attached hydrogens (tertiary/aromatic N) is 1. The molecule has 0 radical (unpaired) electrons. The zero-order valence-electron chi connectivity index (χ0n) is 20.5. The second-order valence-electron chi connectivity index (χ2n) is 10.7. The predicted octanol–water partition coefficient (Wildman–Crippen LogP) is 5.89. The van der Waals surface area contributed by atoms with E-state index in [0.29, 0.717) is 29.9 Å². The topological polar surface area (TPSA) is 78.0 Å². The number of aromatic nitrogens is 2. The summed E-state index contributed by atoms with van der Waals surface area (Å²) in [5.41, 5.74) is 5.89. The van der Waals surface area contributed by atoms with Crippen LogP contribution in [0.15, 0.2) is 72.8 Å². The molecule has 0 saturated heterocycles. The van der Waals surface area contributed by atoms with Gasteiger partial charge in [-0.2, -0.15) is 5.10 Å². The Labute approximate surface area is 211 Å². The van der Waals surface area contributed by atoms with Gasteiger partial charge in [-0.1, -0.05) is 61.0 Å². The summed E-state index contributed by atoms with van der Waals surface area (Å²) < 4.78 is 0. The SMILES string of the molecule is O=C(NCc1ccccc1)c1ccc2[nH]nc(-c3ccc(CC4CC5CCC4CC(O)C5)cc3)c2c1. The number of fused-ring (bicyclic) bond motifs is 5. The molecule has 0 aliphatic heterocycles. The van der Waals surface area contributed by atoms with Crippen LogP contribution in [-0.4, -0.2) is 27.3 Å². The number of aliphatic hydroxyl groups is 1. The number of carbonyl (C=O) groups is 1. The Morgan fingerprint density at radius 3 is 2.61 bits per heavy atom. The second-order valence-corrected chi connectivity index (χ2v) is 10.7. The van der Waals surface area contributed by atoms with Gasteiger partial charge in [0.25, 0.3) is 5.91 Å². The summed E-state index contributed by atoms with van der Waals surface area (Å²) >= 11 is 0. The molecule has 0 spiro atoms. The second kappa shape index (κ2) is 9.90. The molecule has 7 rings (SSSR count). The summed E-state index contributed by atoms with van der Waals surface area (Å²) in [4.78, 5) is 12.8. The maximum atomic E-state index is 12.8. The fraction of sp³-hybridized carbons (Fsp3) is 0.355. The summed E-state index contributed by atoms with van der Waals surface area (Å²) in [7, 11) is 0. The van der Waals surface area contributed by atoms with Crippen molar-refractivity contribution >= 4 is 16.8 Å². The third-order valence-electron chi connectivity index (χ3n) is 8.27. The molecule has 3 fully saturated rings. The molecule has 4 atom stereocenters. The highest BCUT2D eigenvalue weighted by Crippen LogP contribution is 2.44. The van der Waals surface area contributed by atoms with E-state index in [2.05, 4.69) is 39.8 Å². The molecule has 36 heavy (non-hydrogen) atoms. The molecule has 5 nitrogen and oxygen atoms in total. The first-order valence-corrected chi connectivity index (χ1v) is 13.2. The van der Waals surface area contributed by atoms with Gasteiger partial charge in [0.15, 0.2) is 0 Å². The van der Waals surface area contributed by atoms with E-state index in [-0.39, 0.29) is 12.0 Å². The standard InChI is InChI=1S/C31H33N3O2/c35-27-16-22-8-11-24(17-27)26(15-22)14-20-6-9-23(10-7-20)30-28-18-25(12-13-29(28)33-34-30)31(36)32-19-21-4-2-1-3-5-21/h1-7,9-10,12-13,18,22,24,26-27,35H,8,11,14-17,19H2,(H,32,36)(H,33,34). The van der Waals surface area contributed by atoms with Crippen molar-refractivity contribution in [2.45, 2.75) is 51.2 Å². The molecule has 3 aromatic carbocycles. The lowest BCUT2D eigenvalue weighted by atomic mass is 9.73. The van der Waals surface area contributed by atoms with Crippen molar-refractivity contribution < 1.29 is 9.90 Å². The van der Waals surface area contributed by atoms with Crippen LogP contribution in [0.4, 0.5) is 0 Å². The van der Waals surface area contributed by atoms with E-state index < -0.39 is 0 Å². The number of hydrogen-bond acceptors (Lipinski definition) is 3. The molecule has 3 N–H and O–H groups in total. The first-order chi connectivity index (χ1) is 17.6. The number of H-pyrrole nitrogens is 1. The number of aliphatic hydroxyl groups excluding tert-OH is 1. The molecule has 3 aliphatic carbocycles. The van der Waals surface area contributed by atoms with Crippen LogP contribution in [0.1, 0.15) is 53.6 Å². The van der Waals surface area contributed by atoms with Crippen molar-refractivity contribution in [2.75, 3.05) is 0 Å². The molecule has 2 bridgehead atoms. The van der Waals surface area contributed by atoms with E-state index in [4.69, 9.17) is 0 Å². The maximum Gasteiger partial charge on any atom is 0.251 e. The normalized spacial score (nSPS) is 23.5. The number of aromatic amines is 1. The zero-order valence-corrected chi connectivity index (χ0v) is 20.5. The number of carbonyl (C=O) groups excluding carboxylic acids is 1. The van der Waals surface area contributed by atoms with Crippen molar-refractivity contribution in [2.24, 2.45) is 17.8 Å². The largest absolute Gasteiger partial charge is 0.393 e. The van der Waals surface area contributed by atoms with E-state index in [1.54, 1.807) is 0 Å². The van der Waals surface area contributed by atoms with Gasteiger partial charge in [0.2, 0.25) is 0 Å². The van der Waals surface area contributed by atoms with Gasteiger partial charge in [0.05, 0.1) is 17.3 Å². The van der Waals surface area contributed by atoms with Crippen molar-refractivity contribution in [3.63, 3.8) is 0 Å². The lowest BCUT2D eigenvalue weighted by Gasteiger charge is -2.32. The Hall–Kier alpha value is -3.44. The molecule has 1 amide bonds. The molecule has 1 aromatic heterocycles. The van der Waals surface area contributed by atoms with Crippen molar-refractivity contribution in [1.82, 2.24) is 15.5 Å². The van der Waals surface area contributed by atoms with Crippen LogP contribution in [0.3, 0.4) is 0 Å². The highest BCUT2D eigenvalue weighted by molar-refractivity contribution is 6.01. The Bertz CT molecular complexity index is 1350. The minimum Gasteiger partial charge on any atom is -0.393 e.